The van der Waals surface area contributed by atoms with Crippen molar-refractivity contribution in [3.8, 4) is 0 Å². The number of nitrogens with zero attached hydrogens (tertiary/aromatic N) is 3. The van der Waals surface area contributed by atoms with Crippen LogP contribution in [0.1, 0.15) is 34.5 Å². The molecule has 114 valence electrons. The Kier molecular flexibility index (Phi) is 4.04. The first-order valence-electron chi connectivity index (χ1n) is 7.61. The van der Waals surface area contributed by atoms with Crippen molar-refractivity contribution >= 4 is 17.4 Å². The number of rotatable bonds is 3. The van der Waals surface area contributed by atoms with Gasteiger partial charge >= 0.3 is 0 Å². The highest BCUT2D eigenvalue weighted by Gasteiger charge is 2.20. The molecule has 0 unspecified atom stereocenters. The summed E-state index contributed by atoms with van der Waals surface area (Å²) in [5, 5.41) is 11.4. The molecule has 5 nitrogen and oxygen atoms in total. The van der Waals surface area contributed by atoms with Crippen molar-refractivity contribution in [2.75, 3.05) is 18.4 Å². The zero-order valence-electron chi connectivity index (χ0n) is 13.0. The number of aryl methyl sites for hydroxylation is 2. The molecule has 1 N–H and O–H groups in total. The molecule has 0 saturated carbocycles. The molecule has 0 radical (unpaired) electrons. The van der Waals surface area contributed by atoms with Gasteiger partial charge in [0.05, 0.1) is 0 Å². The van der Waals surface area contributed by atoms with Gasteiger partial charge in [-0.2, -0.15) is 0 Å². The first-order chi connectivity index (χ1) is 10.6. The predicted molar refractivity (Wildman–Crippen MR) is 86.4 cm³/mol. The standard InChI is InChI=1S/C17H20N4O/c1-12-5-6-14(13(2)11-12)18-16-8-7-15(19-20-16)17(22)21-9-3-4-10-21/h5-8,11H,3-4,9-10H2,1-2H3,(H,18,20). The lowest BCUT2D eigenvalue weighted by Gasteiger charge is -2.14. The van der Waals surface area contributed by atoms with Gasteiger partial charge in [0, 0.05) is 18.8 Å². The molecular weight excluding hydrogens is 276 g/mol. The van der Waals surface area contributed by atoms with Crippen LogP contribution in [0.5, 0.6) is 0 Å². The maximum atomic E-state index is 12.2. The largest absolute Gasteiger partial charge is 0.339 e. The normalized spacial score (nSPS) is 14.2. The number of nitrogens with one attached hydrogen (secondary N) is 1. The van der Waals surface area contributed by atoms with Gasteiger partial charge < -0.3 is 10.2 Å². The van der Waals surface area contributed by atoms with Gasteiger partial charge in [-0.25, -0.2) is 0 Å². The van der Waals surface area contributed by atoms with Crippen molar-refractivity contribution < 1.29 is 4.79 Å². The fraction of sp³-hybridized carbons (Fsp3) is 0.353. The molecule has 1 aromatic heterocycles. The lowest BCUT2D eigenvalue weighted by Crippen LogP contribution is -2.28. The van der Waals surface area contributed by atoms with Gasteiger partial charge in [-0.05, 0) is 50.5 Å². The highest BCUT2D eigenvalue weighted by Crippen LogP contribution is 2.20. The van der Waals surface area contributed by atoms with Gasteiger partial charge in [-0.1, -0.05) is 17.7 Å². The second-order valence-electron chi connectivity index (χ2n) is 5.75. The van der Waals surface area contributed by atoms with E-state index in [1.807, 2.05) is 24.0 Å². The minimum absolute atomic E-state index is 0.0249. The van der Waals surface area contributed by atoms with Gasteiger partial charge in [-0.3, -0.25) is 4.79 Å². The zero-order valence-corrected chi connectivity index (χ0v) is 13.0. The quantitative estimate of drug-likeness (QED) is 0.945. The summed E-state index contributed by atoms with van der Waals surface area (Å²) in [5.74, 6) is 0.619. The maximum absolute atomic E-state index is 12.2. The van der Waals surface area contributed by atoms with Crippen LogP contribution in [-0.4, -0.2) is 34.1 Å². The Hall–Kier alpha value is -2.43. The monoisotopic (exact) mass is 296 g/mol. The molecule has 3 rings (SSSR count). The Morgan fingerprint density at radius 3 is 2.50 bits per heavy atom. The highest BCUT2D eigenvalue weighted by atomic mass is 16.2. The van der Waals surface area contributed by atoms with Gasteiger partial charge in [-0.15, -0.1) is 10.2 Å². The Bertz CT molecular complexity index is 676. The Balaban J connectivity index is 1.72. The number of likely N-dealkylation sites (tertiary alicyclic amines) is 1. The maximum Gasteiger partial charge on any atom is 0.274 e. The van der Waals surface area contributed by atoms with Crippen molar-refractivity contribution in [2.24, 2.45) is 0 Å². The van der Waals surface area contributed by atoms with Crippen LogP contribution in [-0.2, 0) is 0 Å². The van der Waals surface area contributed by atoms with Gasteiger partial charge in [0.25, 0.3) is 5.91 Å². The fourth-order valence-corrected chi connectivity index (χ4v) is 2.69. The van der Waals surface area contributed by atoms with E-state index in [4.69, 9.17) is 0 Å². The summed E-state index contributed by atoms with van der Waals surface area (Å²) < 4.78 is 0. The van der Waals surface area contributed by atoms with Crippen LogP contribution in [0.4, 0.5) is 11.5 Å². The predicted octanol–water partition coefficient (Wildman–Crippen LogP) is 3.07. The summed E-state index contributed by atoms with van der Waals surface area (Å²) >= 11 is 0. The van der Waals surface area contributed by atoms with E-state index >= 15 is 0 Å². The van der Waals surface area contributed by atoms with Crippen LogP contribution in [0, 0.1) is 13.8 Å². The van der Waals surface area contributed by atoms with Crippen molar-refractivity contribution in [1.29, 1.82) is 0 Å². The van der Waals surface area contributed by atoms with Crippen molar-refractivity contribution in [2.45, 2.75) is 26.7 Å². The minimum Gasteiger partial charge on any atom is -0.339 e. The van der Waals surface area contributed by atoms with Crippen LogP contribution in [0.2, 0.25) is 0 Å². The third-order valence-corrected chi connectivity index (χ3v) is 3.92. The van der Waals surface area contributed by atoms with E-state index in [1.54, 1.807) is 12.1 Å². The number of hydrogen-bond acceptors (Lipinski definition) is 4. The molecule has 1 aliphatic heterocycles. The van der Waals surface area contributed by atoms with Crippen LogP contribution in [0.3, 0.4) is 0 Å². The average molecular weight is 296 g/mol. The van der Waals surface area contributed by atoms with Gasteiger partial charge in [0.1, 0.15) is 0 Å². The van der Waals surface area contributed by atoms with Crippen LogP contribution < -0.4 is 5.32 Å². The molecule has 1 aromatic carbocycles. The third kappa shape index (κ3) is 3.08. The number of anilines is 2. The summed E-state index contributed by atoms with van der Waals surface area (Å²) in [7, 11) is 0. The van der Waals surface area contributed by atoms with E-state index in [9.17, 15) is 4.79 Å². The molecule has 0 spiro atoms. The van der Waals surface area contributed by atoms with E-state index in [0.717, 1.165) is 37.2 Å². The Morgan fingerprint density at radius 2 is 1.86 bits per heavy atom. The lowest BCUT2D eigenvalue weighted by molar-refractivity contribution is 0.0786. The second kappa shape index (κ2) is 6.13. The number of carbonyl (C=O) groups excluding carboxylic acids is 1. The van der Waals surface area contributed by atoms with Crippen LogP contribution in [0.15, 0.2) is 30.3 Å². The fourth-order valence-electron chi connectivity index (χ4n) is 2.69. The van der Waals surface area contributed by atoms with E-state index in [0.29, 0.717) is 11.5 Å². The molecule has 1 saturated heterocycles. The SMILES string of the molecule is Cc1ccc(Nc2ccc(C(=O)N3CCCC3)nn2)c(C)c1. The average Bonchev–Trinajstić information content (AvgIpc) is 3.04. The van der Waals surface area contributed by atoms with Gasteiger partial charge in [0.15, 0.2) is 11.5 Å². The molecule has 5 heteroatoms. The second-order valence-corrected chi connectivity index (χ2v) is 5.75. The molecule has 22 heavy (non-hydrogen) atoms. The molecule has 1 fully saturated rings. The number of benzene rings is 1. The number of hydrogen-bond donors (Lipinski definition) is 1. The number of amides is 1. The smallest absolute Gasteiger partial charge is 0.274 e. The molecule has 1 aliphatic rings. The van der Waals surface area contributed by atoms with E-state index in [1.165, 1.54) is 5.56 Å². The Morgan fingerprint density at radius 1 is 1.09 bits per heavy atom. The van der Waals surface area contributed by atoms with Crippen molar-refractivity contribution in [3.63, 3.8) is 0 Å². The molecular formula is C17H20N4O. The topological polar surface area (TPSA) is 58.1 Å². The Labute approximate surface area is 130 Å². The van der Waals surface area contributed by atoms with E-state index in [2.05, 4.69) is 28.5 Å². The van der Waals surface area contributed by atoms with Gasteiger partial charge in [0.2, 0.25) is 0 Å². The van der Waals surface area contributed by atoms with E-state index < -0.39 is 0 Å². The molecule has 2 aromatic rings. The summed E-state index contributed by atoms with van der Waals surface area (Å²) in [5.41, 5.74) is 3.78. The first-order valence-corrected chi connectivity index (χ1v) is 7.61. The molecule has 0 bridgehead atoms. The minimum atomic E-state index is -0.0249. The third-order valence-electron chi connectivity index (χ3n) is 3.92. The lowest BCUT2D eigenvalue weighted by atomic mass is 10.1. The highest BCUT2D eigenvalue weighted by molar-refractivity contribution is 5.92. The molecule has 0 aliphatic carbocycles. The van der Waals surface area contributed by atoms with Crippen LogP contribution in [0.25, 0.3) is 0 Å². The summed E-state index contributed by atoms with van der Waals surface area (Å²) in [6.07, 6.45) is 2.15. The summed E-state index contributed by atoms with van der Waals surface area (Å²) in [6.45, 7) is 5.76. The first kappa shape index (κ1) is 14.5. The summed E-state index contributed by atoms with van der Waals surface area (Å²) in [6, 6.07) is 9.72. The van der Waals surface area contributed by atoms with Crippen LogP contribution >= 0.6 is 0 Å². The van der Waals surface area contributed by atoms with E-state index in [-0.39, 0.29) is 5.91 Å². The molecule has 2 heterocycles. The summed E-state index contributed by atoms with van der Waals surface area (Å²) in [4.78, 5) is 14.0. The zero-order chi connectivity index (χ0) is 15.5. The molecule has 0 atom stereocenters. The number of carbonyl (C=O) groups is 1. The van der Waals surface area contributed by atoms with Crippen molar-refractivity contribution in [3.05, 3.63) is 47.2 Å². The molecule has 1 amide bonds. The number of aromatic nitrogens is 2. The van der Waals surface area contributed by atoms with Crippen molar-refractivity contribution in [1.82, 2.24) is 15.1 Å².